The maximum atomic E-state index is 12.6. The molecular weight excluding hydrogens is 272 g/mol. The molecule has 0 spiro atoms. The Kier molecular flexibility index (Phi) is 3.74. The minimum Gasteiger partial charge on any atom is -0.377 e. The van der Waals surface area contributed by atoms with Crippen molar-refractivity contribution in [1.82, 2.24) is 20.3 Å². The molecule has 1 amide bonds. The summed E-state index contributed by atoms with van der Waals surface area (Å²) in [5.74, 6) is 0.750. The highest BCUT2D eigenvalue weighted by Gasteiger charge is 2.30. The molecule has 3 heterocycles. The highest BCUT2D eigenvalue weighted by atomic mass is 16.5. The van der Waals surface area contributed by atoms with E-state index in [4.69, 9.17) is 9.26 Å². The van der Waals surface area contributed by atoms with Crippen molar-refractivity contribution >= 4 is 5.91 Å². The lowest BCUT2D eigenvalue weighted by atomic mass is 10.1. The number of carbonyl (C=O) groups is 1. The highest BCUT2D eigenvalue weighted by Crippen LogP contribution is 2.24. The Morgan fingerprint density at radius 2 is 2.38 bits per heavy atom. The van der Waals surface area contributed by atoms with Gasteiger partial charge in [0, 0.05) is 18.3 Å². The van der Waals surface area contributed by atoms with Gasteiger partial charge in [-0.25, -0.2) is 0 Å². The molecule has 1 atom stereocenters. The predicted octanol–water partition coefficient (Wildman–Crippen LogP) is 1.16. The van der Waals surface area contributed by atoms with Gasteiger partial charge < -0.3 is 14.2 Å². The van der Waals surface area contributed by atoms with Crippen molar-refractivity contribution in [3.63, 3.8) is 0 Å². The fourth-order valence-electron chi connectivity index (χ4n) is 2.62. The second-order valence-corrected chi connectivity index (χ2v) is 5.17. The minimum atomic E-state index is -0.116. The van der Waals surface area contributed by atoms with E-state index in [9.17, 15) is 4.79 Å². The Balaban J connectivity index is 1.79. The molecule has 0 unspecified atom stereocenters. The maximum absolute atomic E-state index is 12.6. The zero-order valence-corrected chi connectivity index (χ0v) is 12.1. The van der Waals surface area contributed by atoms with Crippen molar-refractivity contribution in [2.45, 2.75) is 26.3 Å². The van der Waals surface area contributed by atoms with Gasteiger partial charge in [-0.3, -0.25) is 9.89 Å². The SMILES string of the molecule is Cc1noc(C)c1CC(=O)N1CCOC[C@H]1c1ccn[nH]1. The number of carbonyl (C=O) groups excluding carboxylic acids is 1. The van der Waals surface area contributed by atoms with E-state index in [1.54, 1.807) is 6.20 Å². The average molecular weight is 290 g/mol. The number of ether oxygens (including phenoxy) is 1. The van der Waals surface area contributed by atoms with Gasteiger partial charge in [0.05, 0.1) is 37.1 Å². The van der Waals surface area contributed by atoms with Gasteiger partial charge in [0.25, 0.3) is 0 Å². The number of H-pyrrole nitrogens is 1. The standard InChI is InChI=1S/C14H18N4O3/c1-9-11(10(2)21-17-9)7-14(19)18-5-6-20-8-13(18)12-3-4-15-16-12/h3-4,13H,5-8H2,1-2H3,(H,15,16)/t13-/m0/s1. The number of hydrogen-bond acceptors (Lipinski definition) is 5. The van der Waals surface area contributed by atoms with Gasteiger partial charge in [-0.15, -0.1) is 0 Å². The maximum Gasteiger partial charge on any atom is 0.227 e. The molecule has 1 saturated heterocycles. The zero-order valence-electron chi connectivity index (χ0n) is 12.1. The van der Waals surface area contributed by atoms with Crippen LogP contribution < -0.4 is 0 Å². The Labute approximate surface area is 122 Å². The summed E-state index contributed by atoms with van der Waals surface area (Å²) in [7, 11) is 0. The molecule has 1 aliphatic heterocycles. The fourth-order valence-corrected chi connectivity index (χ4v) is 2.62. The van der Waals surface area contributed by atoms with Crippen LogP contribution in [0.25, 0.3) is 0 Å². The van der Waals surface area contributed by atoms with E-state index in [2.05, 4.69) is 15.4 Å². The van der Waals surface area contributed by atoms with E-state index in [1.807, 2.05) is 24.8 Å². The summed E-state index contributed by atoms with van der Waals surface area (Å²) in [5.41, 5.74) is 2.53. The van der Waals surface area contributed by atoms with Crippen LogP contribution >= 0.6 is 0 Å². The summed E-state index contributed by atoms with van der Waals surface area (Å²) in [6, 6.07) is 1.75. The van der Waals surface area contributed by atoms with Crippen LogP contribution in [0.1, 0.15) is 28.8 Å². The van der Waals surface area contributed by atoms with Crippen LogP contribution in [0.3, 0.4) is 0 Å². The normalized spacial score (nSPS) is 19.0. The zero-order chi connectivity index (χ0) is 14.8. The molecule has 0 aromatic carbocycles. The molecular formula is C14H18N4O3. The molecule has 21 heavy (non-hydrogen) atoms. The number of amides is 1. The van der Waals surface area contributed by atoms with Crippen LogP contribution in [0, 0.1) is 13.8 Å². The van der Waals surface area contributed by atoms with Gasteiger partial charge in [-0.2, -0.15) is 5.10 Å². The number of nitrogens with one attached hydrogen (secondary N) is 1. The predicted molar refractivity (Wildman–Crippen MR) is 73.5 cm³/mol. The van der Waals surface area contributed by atoms with Gasteiger partial charge in [-0.05, 0) is 19.9 Å². The molecule has 112 valence electrons. The third kappa shape index (κ3) is 2.69. The average Bonchev–Trinajstić information content (AvgIpc) is 3.13. The summed E-state index contributed by atoms with van der Waals surface area (Å²) < 4.78 is 10.6. The third-order valence-corrected chi connectivity index (χ3v) is 3.84. The lowest BCUT2D eigenvalue weighted by Gasteiger charge is -2.35. The molecule has 0 aliphatic carbocycles. The molecule has 0 bridgehead atoms. The number of nitrogens with zero attached hydrogens (tertiary/aromatic N) is 3. The van der Waals surface area contributed by atoms with Crippen LogP contribution in [0.2, 0.25) is 0 Å². The second-order valence-electron chi connectivity index (χ2n) is 5.17. The molecule has 3 rings (SSSR count). The largest absolute Gasteiger partial charge is 0.377 e. The molecule has 2 aromatic heterocycles. The molecule has 2 aromatic rings. The first kappa shape index (κ1) is 13.8. The minimum absolute atomic E-state index is 0.0484. The first-order chi connectivity index (χ1) is 10.2. The van der Waals surface area contributed by atoms with Crippen LogP contribution in [-0.2, 0) is 16.0 Å². The van der Waals surface area contributed by atoms with Crippen LogP contribution in [-0.4, -0.2) is 45.9 Å². The Morgan fingerprint density at radius 1 is 1.52 bits per heavy atom. The summed E-state index contributed by atoms with van der Waals surface area (Å²) in [4.78, 5) is 14.5. The third-order valence-electron chi connectivity index (χ3n) is 3.84. The first-order valence-electron chi connectivity index (χ1n) is 6.95. The van der Waals surface area contributed by atoms with Crippen molar-refractivity contribution in [2.24, 2.45) is 0 Å². The van der Waals surface area contributed by atoms with E-state index < -0.39 is 0 Å². The van der Waals surface area contributed by atoms with E-state index in [1.165, 1.54) is 0 Å². The quantitative estimate of drug-likeness (QED) is 0.917. The molecule has 7 heteroatoms. The summed E-state index contributed by atoms with van der Waals surface area (Å²) >= 11 is 0. The summed E-state index contributed by atoms with van der Waals surface area (Å²) in [5, 5.41) is 10.8. The van der Waals surface area contributed by atoms with Crippen molar-refractivity contribution < 1.29 is 14.1 Å². The molecule has 0 saturated carbocycles. The van der Waals surface area contributed by atoms with Gasteiger partial charge in [-0.1, -0.05) is 5.16 Å². The molecule has 1 aliphatic rings. The summed E-state index contributed by atoms with van der Waals surface area (Å²) in [6.45, 7) is 5.29. The van der Waals surface area contributed by atoms with E-state index in [0.717, 1.165) is 17.0 Å². The second kappa shape index (κ2) is 5.69. The number of aryl methyl sites for hydroxylation is 2. The van der Waals surface area contributed by atoms with Crippen molar-refractivity contribution in [3.8, 4) is 0 Å². The number of aromatic amines is 1. The van der Waals surface area contributed by atoms with Gasteiger partial charge in [0.15, 0.2) is 0 Å². The van der Waals surface area contributed by atoms with Crippen LogP contribution in [0.5, 0.6) is 0 Å². The van der Waals surface area contributed by atoms with E-state index >= 15 is 0 Å². The summed E-state index contributed by atoms with van der Waals surface area (Å²) in [6.07, 6.45) is 1.98. The smallest absolute Gasteiger partial charge is 0.227 e. The molecule has 7 nitrogen and oxygen atoms in total. The van der Waals surface area contributed by atoms with Gasteiger partial charge in [0.2, 0.25) is 5.91 Å². The topological polar surface area (TPSA) is 84.2 Å². The molecule has 1 fully saturated rings. The lowest BCUT2D eigenvalue weighted by molar-refractivity contribution is -0.139. The van der Waals surface area contributed by atoms with E-state index in [-0.39, 0.29) is 11.9 Å². The molecule has 1 N–H and O–H groups in total. The Morgan fingerprint density at radius 3 is 3.05 bits per heavy atom. The fraction of sp³-hybridized carbons (Fsp3) is 0.500. The number of aromatic nitrogens is 3. The van der Waals surface area contributed by atoms with Crippen LogP contribution in [0.4, 0.5) is 0 Å². The molecule has 0 radical (unpaired) electrons. The number of hydrogen-bond donors (Lipinski definition) is 1. The van der Waals surface area contributed by atoms with E-state index in [0.29, 0.717) is 31.9 Å². The van der Waals surface area contributed by atoms with Crippen molar-refractivity contribution in [1.29, 1.82) is 0 Å². The van der Waals surface area contributed by atoms with Gasteiger partial charge >= 0.3 is 0 Å². The van der Waals surface area contributed by atoms with Crippen LogP contribution in [0.15, 0.2) is 16.8 Å². The van der Waals surface area contributed by atoms with Crippen molar-refractivity contribution in [3.05, 3.63) is 35.0 Å². The Bertz CT molecular complexity index is 601. The number of morpholine rings is 1. The van der Waals surface area contributed by atoms with Crippen molar-refractivity contribution in [2.75, 3.05) is 19.8 Å². The number of rotatable bonds is 3. The lowest BCUT2D eigenvalue weighted by Crippen LogP contribution is -2.44. The monoisotopic (exact) mass is 290 g/mol. The Hall–Kier alpha value is -2.15. The van der Waals surface area contributed by atoms with Gasteiger partial charge in [0.1, 0.15) is 5.76 Å². The first-order valence-corrected chi connectivity index (χ1v) is 6.95. The highest BCUT2D eigenvalue weighted by molar-refractivity contribution is 5.79.